The standard InChI is InChI=1S/C21H32N4O4S/c1-3-30(28,29)24-12-8-16(9-13-24)21(27)23-10-4-6-17(14-23)19-15(2)20(26)22-18-7-5-11-25(18)19/h16-17H,3-14H2,1-2H3/t17-/m0/s1. The Morgan fingerprint density at radius 1 is 1.10 bits per heavy atom. The molecule has 8 nitrogen and oxygen atoms in total. The third-order valence-corrected chi connectivity index (χ3v) is 8.88. The van der Waals surface area contributed by atoms with Gasteiger partial charge < -0.3 is 9.47 Å². The van der Waals surface area contributed by atoms with Crippen LogP contribution in [0.25, 0.3) is 0 Å². The molecule has 9 heteroatoms. The highest BCUT2D eigenvalue weighted by Gasteiger charge is 2.35. The summed E-state index contributed by atoms with van der Waals surface area (Å²) in [5.74, 6) is 1.18. The van der Waals surface area contributed by atoms with Crippen molar-refractivity contribution in [3.8, 4) is 0 Å². The number of hydrogen-bond donors (Lipinski definition) is 0. The van der Waals surface area contributed by atoms with E-state index in [1.807, 2.05) is 11.8 Å². The van der Waals surface area contributed by atoms with Gasteiger partial charge in [0.25, 0.3) is 5.56 Å². The van der Waals surface area contributed by atoms with Crippen molar-refractivity contribution in [2.45, 2.75) is 64.8 Å². The van der Waals surface area contributed by atoms with Gasteiger partial charge in [-0.1, -0.05) is 0 Å². The third kappa shape index (κ3) is 3.93. The van der Waals surface area contributed by atoms with Gasteiger partial charge in [-0.25, -0.2) is 12.7 Å². The second-order valence-electron chi connectivity index (χ2n) is 8.80. The molecule has 4 rings (SSSR count). The summed E-state index contributed by atoms with van der Waals surface area (Å²) >= 11 is 0. The Labute approximate surface area is 178 Å². The van der Waals surface area contributed by atoms with Crippen molar-refractivity contribution in [1.29, 1.82) is 0 Å². The van der Waals surface area contributed by atoms with Gasteiger partial charge in [0, 0.05) is 62.2 Å². The molecule has 0 bridgehead atoms. The number of piperidine rings is 2. The normalized spacial score (nSPS) is 23.5. The summed E-state index contributed by atoms with van der Waals surface area (Å²) in [7, 11) is -3.18. The summed E-state index contributed by atoms with van der Waals surface area (Å²) in [4.78, 5) is 31.8. The minimum Gasteiger partial charge on any atom is -0.342 e. The van der Waals surface area contributed by atoms with Crippen LogP contribution in [0.15, 0.2) is 4.79 Å². The van der Waals surface area contributed by atoms with Crippen LogP contribution in [0.5, 0.6) is 0 Å². The van der Waals surface area contributed by atoms with Gasteiger partial charge in [-0.3, -0.25) is 9.59 Å². The van der Waals surface area contributed by atoms with Gasteiger partial charge in [0.2, 0.25) is 15.9 Å². The number of carbonyl (C=O) groups is 1. The van der Waals surface area contributed by atoms with E-state index in [4.69, 9.17) is 0 Å². The molecule has 166 valence electrons. The maximum atomic E-state index is 13.2. The zero-order valence-electron chi connectivity index (χ0n) is 18.0. The predicted octanol–water partition coefficient (Wildman–Crippen LogP) is 1.27. The number of aromatic nitrogens is 2. The lowest BCUT2D eigenvalue weighted by Crippen LogP contribution is -2.47. The van der Waals surface area contributed by atoms with Crippen molar-refractivity contribution in [3.05, 3.63) is 27.4 Å². The topological polar surface area (TPSA) is 92.6 Å². The van der Waals surface area contributed by atoms with Crippen LogP contribution in [0.4, 0.5) is 0 Å². The van der Waals surface area contributed by atoms with E-state index in [1.54, 1.807) is 6.92 Å². The van der Waals surface area contributed by atoms with E-state index < -0.39 is 10.0 Å². The fourth-order valence-corrected chi connectivity index (χ4v) is 6.43. The molecule has 3 aliphatic heterocycles. The van der Waals surface area contributed by atoms with E-state index >= 15 is 0 Å². The molecule has 2 fully saturated rings. The molecule has 1 atom stereocenters. The maximum Gasteiger partial charge on any atom is 0.276 e. The molecular weight excluding hydrogens is 404 g/mol. The monoisotopic (exact) mass is 436 g/mol. The van der Waals surface area contributed by atoms with Crippen LogP contribution in [0.3, 0.4) is 0 Å². The van der Waals surface area contributed by atoms with E-state index in [0.717, 1.165) is 55.9 Å². The molecule has 0 aromatic carbocycles. The third-order valence-electron chi connectivity index (χ3n) is 7.00. The first-order valence-electron chi connectivity index (χ1n) is 11.2. The molecule has 2 saturated heterocycles. The van der Waals surface area contributed by atoms with Crippen LogP contribution in [-0.2, 0) is 27.8 Å². The van der Waals surface area contributed by atoms with E-state index in [0.29, 0.717) is 32.5 Å². The lowest BCUT2D eigenvalue weighted by atomic mass is 9.89. The molecule has 0 unspecified atom stereocenters. The summed E-state index contributed by atoms with van der Waals surface area (Å²) < 4.78 is 27.9. The minimum atomic E-state index is -3.18. The van der Waals surface area contributed by atoms with Gasteiger partial charge in [0.1, 0.15) is 5.82 Å². The summed E-state index contributed by atoms with van der Waals surface area (Å²) in [6.45, 7) is 6.64. The number of nitrogens with zero attached hydrogens (tertiary/aromatic N) is 4. The van der Waals surface area contributed by atoms with Gasteiger partial charge in [-0.05, 0) is 46.0 Å². The van der Waals surface area contributed by atoms with Crippen LogP contribution in [-0.4, -0.2) is 65.0 Å². The van der Waals surface area contributed by atoms with Crippen molar-refractivity contribution in [2.24, 2.45) is 5.92 Å². The first-order valence-corrected chi connectivity index (χ1v) is 12.8. The highest BCUT2D eigenvalue weighted by Crippen LogP contribution is 2.32. The number of likely N-dealkylation sites (tertiary alicyclic amines) is 1. The van der Waals surface area contributed by atoms with E-state index in [2.05, 4.69) is 9.55 Å². The molecule has 30 heavy (non-hydrogen) atoms. The van der Waals surface area contributed by atoms with Gasteiger partial charge in [0.15, 0.2) is 0 Å². The van der Waals surface area contributed by atoms with Crippen molar-refractivity contribution in [3.63, 3.8) is 0 Å². The van der Waals surface area contributed by atoms with Crippen molar-refractivity contribution in [1.82, 2.24) is 18.8 Å². The van der Waals surface area contributed by atoms with E-state index in [1.165, 1.54) is 4.31 Å². The van der Waals surface area contributed by atoms with Gasteiger partial charge in [0.05, 0.1) is 5.75 Å². The average Bonchev–Trinajstić information content (AvgIpc) is 3.22. The van der Waals surface area contributed by atoms with Crippen LogP contribution < -0.4 is 5.56 Å². The fraction of sp³-hybridized carbons (Fsp3) is 0.762. The zero-order valence-corrected chi connectivity index (χ0v) is 18.8. The Hall–Kier alpha value is -1.74. The molecule has 0 saturated carbocycles. The highest BCUT2D eigenvalue weighted by atomic mass is 32.2. The number of rotatable bonds is 4. The lowest BCUT2D eigenvalue weighted by Gasteiger charge is -2.38. The van der Waals surface area contributed by atoms with Gasteiger partial charge in [-0.15, -0.1) is 0 Å². The van der Waals surface area contributed by atoms with E-state index in [9.17, 15) is 18.0 Å². The molecule has 0 spiro atoms. The number of carbonyl (C=O) groups excluding carboxylic acids is 1. The van der Waals surface area contributed by atoms with Crippen LogP contribution in [0, 0.1) is 12.8 Å². The van der Waals surface area contributed by atoms with Crippen LogP contribution in [0.2, 0.25) is 0 Å². The number of sulfonamides is 1. The van der Waals surface area contributed by atoms with Crippen LogP contribution in [0.1, 0.15) is 62.0 Å². The Bertz CT molecular complexity index is 979. The zero-order chi connectivity index (χ0) is 21.5. The molecule has 4 heterocycles. The van der Waals surface area contributed by atoms with Gasteiger partial charge >= 0.3 is 0 Å². The summed E-state index contributed by atoms with van der Waals surface area (Å²) in [5.41, 5.74) is 1.66. The van der Waals surface area contributed by atoms with Crippen LogP contribution >= 0.6 is 0 Å². The van der Waals surface area contributed by atoms with Crippen molar-refractivity contribution in [2.75, 3.05) is 31.9 Å². The minimum absolute atomic E-state index is 0.106. The number of hydrogen-bond acceptors (Lipinski definition) is 5. The number of amides is 1. The molecule has 1 aromatic heterocycles. The van der Waals surface area contributed by atoms with Crippen molar-refractivity contribution < 1.29 is 13.2 Å². The number of aryl methyl sites for hydroxylation is 1. The quantitative estimate of drug-likeness (QED) is 0.709. The molecular formula is C21H32N4O4S. The average molecular weight is 437 g/mol. The smallest absolute Gasteiger partial charge is 0.276 e. The number of fused-ring (bicyclic) bond motifs is 1. The Morgan fingerprint density at radius 3 is 2.53 bits per heavy atom. The molecule has 0 N–H and O–H groups in total. The molecule has 0 aliphatic carbocycles. The fourth-order valence-electron chi connectivity index (χ4n) is 5.30. The Kier molecular flexibility index (Phi) is 6.03. The Morgan fingerprint density at radius 2 is 1.83 bits per heavy atom. The highest BCUT2D eigenvalue weighted by molar-refractivity contribution is 7.89. The maximum absolute atomic E-state index is 13.2. The molecule has 0 radical (unpaired) electrons. The largest absolute Gasteiger partial charge is 0.342 e. The second-order valence-corrected chi connectivity index (χ2v) is 11.1. The first kappa shape index (κ1) is 21.5. The Balaban J connectivity index is 1.47. The molecule has 3 aliphatic rings. The predicted molar refractivity (Wildman–Crippen MR) is 114 cm³/mol. The van der Waals surface area contributed by atoms with Gasteiger partial charge in [-0.2, -0.15) is 4.98 Å². The second kappa shape index (κ2) is 8.42. The summed E-state index contributed by atoms with van der Waals surface area (Å²) in [6, 6.07) is 0. The molecule has 1 aromatic rings. The SMILES string of the molecule is CCS(=O)(=O)N1CCC(C(=O)N2CCC[C@H](c3c(C)c(=O)nc4n3CCC4)C2)CC1. The summed E-state index contributed by atoms with van der Waals surface area (Å²) in [6.07, 6.45) is 4.92. The molecule has 1 amide bonds. The van der Waals surface area contributed by atoms with E-state index in [-0.39, 0.29) is 29.1 Å². The summed E-state index contributed by atoms with van der Waals surface area (Å²) in [5, 5.41) is 0. The first-order chi connectivity index (χ1) is 14.3. The lowest BCUT2D eigenvalue weighted by molar-refractivity contribution is -0.138. The van der Waals surface area contributed by atoms with Crippen molar-refractivity contribution >= 4 is 15.9 Å².